The molecule has 0 aliphatic carbocycles. The minimum atomic E-state index is -0.682. The van der Waals surface area contributed by atoms with Crippen LogP contribution in [0, 0.1) is 11.7 Å². The summed E-state index contributed by atoms with van der Waals surface area (Å²) < 4.78 is 26.1. The SMILES string of the molecule is CN1CC=C(c2cc(Cl)ccc2OCC2CN(C(=O)c3cc4c(cc3F)OCC(=O)CN4)C2)C=C1Cl. The fraction of sp³-hybridized carbons (Fsp3) is 0.308. The highest BCUT2D eigenvalue weighted by Crippen LogP contribution is 2.35. The van der Waals surface area contributed by atoms with Crippen LogP contribution in [0.4, 0.5) is 10.1 Å². The number of rotatable bonds is 5. The Kier molecular flexibility index (Phi) is 6.81. The number of nitrogens with zero attached hydrogens (tertiary/aromatic N) is 2. The first kappa shape index (κ1) is 24.5. The van der Waals surface area contributed by atoms with Crippen molar-refractivity contribution in [3.63, 3.8) is 0 Å². The molecule has 1 fully saturated rings. The van der Waals surface area contributed by atoms with Gasteiger partial charge in [-0.25, -0.2) is 4.39 Å². The lowest BCUT2D eigenvalue weighted by atomic mass is 9.99. The summed E-state index contributed by atoms with van der Waals surface area (Å²) >= 11 is 12.5. The smallest absolute Gasteiger partial charge is 0.256 e. The van der Waals surface area contributed by atoms with Crippen LogP contribution >= 0.6 is 23.2 Å². The molecule has 7 nitrogen and oxygen atoms in total. The number of ether oxygens (including phenoxy) is 2. The van der Waals surface area contributed by atoms with Gasteiger partial charge in [0.05, 0.1) is 24.4 Å². The lowest BCUT2D eigenvalue weighted by molar-refractivity contribution is -0.119. The van der Waals surface area contributed by atoms with Gasteiger partial charge in [-0.2, -0.15) is 0 Å². The van der Waals surface area contributed by atoms with Gasteiger partial charge in [0.2, 0.25) is 0 Å². The first-order chi connectivity index (χ1) is 17.3. The van der Waals surface area contributed by atoms with E-state index in [2.05, 4.69) is 11.4 Å². The molecule has 1 saturated heterocycles. The molecule has 0 bridgehead atoms. The van der Waals surface area contributed by atoms with E-state index in [0.29, 0.717) is 47.9 Å². The Bertz CT molecular complexity index is 1290. The van der Waals surface area contributed by atoms with Crippen LogP contribution in [0.2, 0.25) is 5.02 Å². The van der Waals surface area contributed by atoms with Crippen molar-refractivity contribution in [3.05, 3.63) is 69.6 Å². The third-order valence-corrected chi connectivity index (χ3v) is 6.99. The van der Waals surface area contributed by atoms with Crippen LogP contribution in [0.5, 0.6) is 11.5 Å². The van der Waals surface area contributed by atoms with E-state index in [1.54, 1.807) is 11.0 Å². The third kappa shape index (κ3) is 5.01. The molecule has 0 saturated carbocycles. The zero-order valence-corrected chi connectivity index (χ0v) is 21.0. The Labute approximate surface area is 218 Å². The molecule has 1 amide bonds. The number of hydrogen-bond acceptors (Lipinski definition) is 6. The van der Waals surface area contributed by atoms with Gasteiger partial charge in [-0.3, -0.25) is 9.59 Å². The quantitative estimate of drug-likeness (QED) is 0.576. The normalized spacial score (nSPS) is 17.7. The number of benzene rings is 2. The largest absolute Gasteiger partial charge is 0.493 e. The highest BCUT2D eigenvalue weighted by Gasteiger charge is 2.34. The van der Waals surface area contributed by atoms with Crippen molar-refractivity contribution in [2.75, 3.05) is 51.8 Å². The summed E-state index contributed by atoms with van der Waals surface area (Å²) in [6.07, 6.45) is 3.93. The Morgan fingerprint density at radius 1 is 1.25 bits per heavy atom. The number of carbonyl (C=O) groups excluding carboxylic acids is 2. The number of nitrogens with one attached hydrogen (secondary N) is 1. The molecule has 2 aromatic rings. The predicted octanol–water partition coefficient (Wildman–Crippen LogP) is 4.41. The molecule has 2 aromatic carbocycles. The molecular formula is C26H24Cl2FN3O4. The van der Waals surface area contributed by atoms with Crippen molar-refractivity contribution in [2.24, 2.45) is 5.92 Å². The number of likely N-dealkylation sites (tertiary alicyclic amines) is 1. The van der Waals surface area contributed by atoms with Crippen LogP contribution < -0.4 is 14.8 Å². The Morgan fingerprint density at radius 3 is 2.83 bits per heavy atom. The molecule has 36 heavy (non-hydrogen) atoms. The van der Waals surface area contributed by atoms with Crippen molar-refractivity contribution < 1.29 is 23.5 Å². The number of anilines is 1. The summed E-state index contributed by atoms with van der Waals surface area (Å²) in [6.45, 7) is 1.89. The molecule has 3 aliphatic rings. The molecule has 0 unspecified atom stereocenters. The number of fused-ring (bicyclic) bond motifs is 1. The molecule has 0 radical (unpaired) electrons. The number of carbonyl (C=O) groups is 2. The monoisotopic (exact) mass is 531 g/mol. The Balaban J connectivity index is 1.22. The molecular weight excluding hydrogens is 508 g/mol. The fourth-order valence-electron chi connectivity index (χ4n) is 4.26. The average molecular weight is 532 g/mol. The topological polar surface area (TPSA) is 71.1 Å². The summed E-state index contributed by atoms with van der Waals surface area (Å²) in [7, 11) is 1.91. The lowest BCUT2D eigenvalue weighted by Crippen LogP contribution is -2.52. The van der Waals surface area contributed by atoms with Crippen molar-refractivity contribution in [1.29, 1.82) is 0 Å². The van der Waals surface area contributed by atoms with Gasteiger partial charge in [-0.15, -0.1) is 0 Å². The number of allylic oxidation sites excluding steroid dienone is 2. The zero-order valence-electron chi connectivity index (χ0n) is 19.5. The van der Waals surface area contributed by atoms with Crippen LogP contribution in [0.1, 0.15) is 15.9 Å². The van der Waals surface area contributed by atoms with E-state index in [9.17, 15) is 14.0 Å². The molecule has 5 rings (SSSR count). The standard InChI is InChI=1S/C26H24Cl2FN3O4/c1-31-5-4-16(6-25(31)28)19-7-17(27)2-3-23(19)35-13-15-11-32(12-15)26(34)20-8-22-24(9-21(20)29)36-14-18(33)10-30-22/h2-4,6-9,15,30H,5,10-14H2,1H3. The summed E-state index contributed by atoms with van der Waals surface area (Å²) in [4.78, 5) is 28.0. The maximum Gasteiger partial charge on any atom is 0.256 e. The van der Waals surface area contributed by atoms with Crippen LogP contribution in [-0.4, -0.2) is 67.9 Å². The van der Waals surface area contributed by atoms with Gasteiger partial charge in [0.25, 0.3) is 5.91 Å². The van der Waals surface area contributed by atoms with Gasteiger partial charge < -0.3 is 24.6 Å². The fourth-order valence-corrected chi connectivity index (χ4v) is 4.62. The predicted molar refractivity (Wildman–Crippen MR) is 136 cm³/mol. The van der Waals surface area contributed by atoms with E-state index < -0.39 is 11.7 Å². The summed E-state index contributed by atoms with van der Waals surface area (Å²) in [6, 6.07) is 7.99. The van der Waals surface area contributed by atoms with E-state index in [-0.39, 0.29) is 36.2 Å². The van der Waals surface area contributed by atoms with Crippen LogP contribution in [0.25, 0.3) is 5.57 Å². The Morgan fingerprint density at radius 2 is 2.06 bits per heavy atom. The summed E-state index contributed by atoms with van der Waals surface area (Å²) in [5.41, 5.74) is 2.15. The minimum Gasteiger partial charge on any atom is -0.493 e. The first-order valence-corrected chi connectivity index (χ1v) is 12.3. The van der Waals surface area contributed by atoms with E-state index in [4.69, 9.17) is 32.7 Å². The number of hydrogen-bond donors (Lipinski definition) is 1. The molecule has 0 atom stereocenters. The van der Waals surface area contributed by atoms with E-state index in [0.717, 1.165) is 17.2 Å². The number of Topliss-reactive ketones (excluding diaryl/α,β-unsaturated/α-hetero) is 1. The van der Waals surface area contributed by atoms with E-state index in [1.165, 1.54) is 6.07 Å². The molecule has 1 N–H and O–H groups in total. The highest BCUT2D eigenvalue weighted by atomic mass is 35.5. The second kappa shape index (κ2) is 10.0. The summed E-state index contributed by atoms with van der Waals surface area (Å²) in [5.74, 6) is -0.241. The van der Waals surface area contributed by atoms with Crippen LogP contribution in [0.15, 0.2) is 47.6 Å². The van der Waals surface area contributed by atoms with Crippen molar-refractivity contribution >= 4 is 46.2 Å². The number of amides is 1. The number of halogens is 3. The third-order valence-electron chi connectivity index (χ3n) is 6.36. The second-order valence-corrected chi connectivity index (χ2v) is 9.87. The highest BCUT2D eigenvalue weighted by molar-refractivity contribution is 6.31. The molecule has 0 aromatic heterocycles. The maximum absolute atomic E-state index is 14.7. The molecule has 10 heteroatoms. The maximum atomic E-state index is 14.7. The molecule has 3 aliphatic heterocycles. The zero-order chi connectivity index (χ0) is 25.4. The molecule has 3 heterocycles. The first-order valence-electron chi connectivity index (χ1n) is 11.5. The van der Waals surface area contributed by atoms with Gasteiger partial charge in [0.1, 0.15) is 29.1 Å². The lowest BCUT2D eigenvalue weighted by Gasteiger charge is -2.39. The van der Waals surface area contributed by atoms with Crippen LogP contribution in [0.3, 0.4) is 0 Å². The second-order valence-electron chi connectivity index (χ2n) is 9.04. The number of ketones is 1. The average Bonchev–Trinajstić information content (AvgIpc) is 3.01. The van der Waals surface area contributed by atoms with Gasteiger partial charge in [0.15, 0.2) is 5.78 Å². The summed E-state index contributed by atoms with van der Waals surface area (Å²) in [5, 5.41) is 4.12. The van der Waals surface area contributed by atoms with Gasteiger partial charge in [0, 0.05) is 49.3 Å². The minimum absolute atomic E-state index is 0.0589. The van der Waals surface area contributed by atoms with Gasteiger partial charge in [-0.05, 0) is 35.9 Å². The molecule has 188 valence electrons. The van der Waals surface area contributed by atoms with Crippen molar-refractivity contribution in [1.82, 2.24) is 9.80 Å². The van der Waals surface area contributed by atoms with Gasteiger partial charge >= 0.3 is 0 Å². The van der Waals surface area contributed by atoms with Crippen molar-refractivity contribution in [2.45, 2.75) is 0 Å². The molecule has 0 spiro atoms. The Hall–Kier alpha value is -3.23. The number of likely N-dealkylation sites (N-methyl/N-ethyl adjacent to an activating group) is 1. The van der Waals surface area contributed by atoms with E-state index >= 15 is 0 Å². The van der Waals surface area contributed by atoms with E-state index in [1.807, 2.05) is 30.2 Å². The van der Waals surface area contributed by atoms with Gasteiger partial charge in [-0.1, -0.05) is 29.3 Å². The van der Waals surface area contributed by atoms with Crippen molar-refractivity contribution in [3.8, 4) is 11.5 Å². The van der Waals surface area contributed by atoms with Crippen LogP contribution in [-0.2, 0) is 4.79 Å².